The van der Waals surface area contributed by atoms with Gasteiger partial charge in [-0.2, -0.15) is 0 Å². The summed E-state index contributed by atoms with van der Waals surface area (Å²) in [6, 6.07) is 11.6. The van der Waals surface area contributed by atoms with Gasteiger partial charge in [0.1, 0.15) is 11.6 Å². The van der Waals surface area contributed by atoms with Crippen LogP contribution in [-0.2, 0) is 4.79 Å². The molecule has 0 spiro atoms. The summed E-state index contributed by atoms with van der Waals surface area (Å²) in [5, 5.41) is 2.72. The molecule has 0 aromatic heterocycles. The van der Waals surface area contributed by atoms with Crippen molar-refractivity contribution in [2.45, 2.75) is 7.43 Å². The van der Waals surface area contributed by atoms with Gasteiger partial charge in [0.15, 0.2) is 0 Å². The van der Waals surface area contributed by atoms with Crippen LogP contribution in [0.3, 0.4) is 0 Å². The van der Waals surface area contributed by atoms with Crippen LogP contribution in [0.1, 0.15) is 18.6 Å². The maximum atomic E-state index is 13.3. The van der Waals surface area contributed by atoms with Gasteiger partial charge in [-0.1, -0.05) is 19.6 Å². The van der Waals surface area contributed by atoms with Gasteiger partial charge in [0.05, 0.1) is 7.11 Å². The van der Waals surface area contributed by atoms with Crippen molar-refractivity contribution >= 4 is 23.2 Å². The minimum absolute atomic E-state index is 0. The molecule has 1 N–H and O–H groups in total. The highest BCUT2D eigenvalue weighted by atomic mass is 19.1. The van der Waals surface area contributed by atoms with Crippen molar-refractivity contribution < 1.29 is 13.9 Å². The Morgan fingerprint density at radius 2 is 1.86 bits per heavy atom. The number of rotatable bonds is 2. The minimum Gasteiger partial charge on any atom is -0.497 e. The Balaban J connectivity index is 0.00000161. The molecule has 2 aromatic rings. The lowest BCUT2D eigenvalue weighted by Gasteiger charge is -2.01. The Morgan fingerprint density at radius 1 is 1.14 bits per heavy atom. The third kappa shape index (κ3) is 2.79. The van der Waals surface area contributed by atoms with Crippen molar-refractivity contribution in [3.63, 3.8) is 0 Å². The number of ether oxygens (including phenoxy) is 1. The molecule has 3 rings (SSSR count). The van der Waals surface area contributed by atoms with E-state index < -0.39 is 0 Å². The van der Waals surface area contributed by atoms with Crippen LogP contribution in [0.25, 0.3) is 11.6 Å². The summed E-state index contributed by atoms with van der Waals surface area (Å²) >= 11 is 0. The monoisotopic (exact) mass is 285 g/mol. The van der Waals surface area contributed by atoms with Crippen LogP contribution in [0.4, 0.5) is 10.1 Å². The van der Waals surface area contributed by atoms with Crippen LogP contribution in [0.2, 0.25) is 0 Å². The number of fused-ring (bicyclic) bond motifs is 1. The number of anilines is 1. The third-order valence-electron chi connectivity index (χ3n) is 3.19. The smallest absolute Gasteiger partial charge is 0.256 e. The summed E-state index contributed by atoms with van der Waals surface area (Å²) in [6.07, 6.45) is 1.74. The van der Waals surface area contributed by atoms with Gasteiger partial charge in [-0.15, -0.1) is 0 Å². The Kier molecular flexibility index (Phi) is 4.08. The van der Waals surface area contributed by atoms with E-state index in [9.17, 15) is 9.18 Å². The normalized spacial score (nSPS) is 14.4. The molecule has 0 radical (unpaired) electrons. The van der Waals surface area contributed by atoms with E-state index in [0.29, 0.717) is 16.8 Å². The van der Waals surface area contributed by atoms with Crippen LogP contribution in [0.15, 0.2) is 42.5 Å². The predicted octanol–water partition coefficient (Wildman–Crippen LogP) is 3.96. The summed E-state index contributed by atoms with van der Waals surface area (Å²) in [4.78, 5) is 11.9. The van der Waals surface area contributed by atoms with Crippen LogP contribution >= 0.6 is 0 Å². The number of halogens is 1. The minimum atomic E-state index is -0.360. The van der Waals surface area contributed by atoms with Gasteiger partial charge in [-0.3, -0.25) is 4.79 Å². The fourth-order valence-electron chi connectivity index (χ4n) is 2.17. The zero-order chi connectivity index (χ0) is 14.1. The number of benzene rings is 2. The van der Waals surface area contributed by atoms with Gasteiger partial charge in [0.2, 0.25) is 0 Å². The van der Waals surface area contributed by atoms with E-state index >= 15 is 0 Å². The van der Waals surface area contributed by atoms with E-state index in [1.165, 1.54) is 12.1 Å². The van der Waals surface area contributed by atoms with E-state index in [4.69, 9.17) is 4.74 Å². The zero-order valence-electron chi connectivity index (χ0n) is 10.8. The number of hydrogen-bond donors (Lipinski definition) is 1. The first kappa shape index (κ1) is 14.8. The molecule has 1 amide bonds. The van der Waals surface area contributed by atoms with E-state index in [2.05, 4.69) is 5.32 Å². The second-order valence-electron chi connectivity index (χ2n) is 4.48. The third-order valence-corrected chi connectivity index (χ3v) is 3.19. The first-order chi connectivity index (χ1) is 9.67. The Morgan fingerprint density at radius 3 is 2.52 bits per heavy atom. The molecule has 0 aliphatic carbocycles. The lowest BCUT2D eigenvalue weighted by Crippen LogP contribution is -2.03. The molecule has 0 unspecified atom stereocenters. The molecule has 0 saturated carbocycles. The van der Waals surface area contributed by atoms with E-state index in [0.717, 1.165) is 11.3 Å². The van der Waals surface area contributed by atoms with Gasteiger partial charge in [-0.05, 0) is 42.0 Å². The van der Waals surface area contributed by atoms with E-state index in [1.807, 2.05) is 24.3 Å². The molecule has 1 aliphatic rings. The first-order valence-electron chi connectivity index (χ1n) is 6.14. The standard InChI is InChI=1S/C16H12FNO2.CH4/c1-20-12-5-2-10(3-6-12)8-14-13-9-11(17)4-7-15(13)18-16(14)19;/h2-9H,1H3,(H,18,19);1H4/b14-8-;. The van der Waals surface area contributed by atoms with Crippen molar-refractivity contribution in [2.24, 2.45) is 0 Å². The van der Waals surface area contributed by atoms with Crippen LogP contribution in [0, 0.1) is 5.82 Å². The molecule has 1 aliphatic heterocycles. The molecule has 4 heteroatoms. The summed E-state index contributed by atoms with van der Waals surface area (Å²) in [5.74, 6) is 0.164. The number of nitrogens with one attached hydrogen (secondary N) is 1. The van der Waals surface area contributed by atoms with Crippen LogP contribution in [-0.4, -0.2) is 13.0 Å². The summed E-state index contributed by atoms with van der Waals surface area (Å²) in [7, 11) is 1.59. The zero-order valence-corrected chi connectivity index (χ0v) is 10.8. The summed E-state index contributed by atoms with van der Waals surface area (Å²) in [5.41, 5.74) is 2.54. The quantitative estimate of drug-likeness (QED) is 0.848. The second kappa shape index (κ2) is 5.79. The average molecular weight is 285 g/mol. The summed E-state index contributed by atoms with van der Waals surface area (Å²) in [6.45, 7) is 0. The van der Waals surface area contributed by atoms with Crippen LogP contribution < -0.4 is 10.1 Å². The van der Waals surface area contributed by atoms with Crippen molar-refractivity contribution in [2.75, 3.05) is 12.4 Å². The number of carbonyl (C=O) groups excluding carboxylic acids is 1. The Hall–Kier alpha value is -2.62. The molecule has 108 valence electrons. The summed E-state index contributed by atoms with van der Waals surface area (Å²) < 4.78 is 18.4. The molecule has 21 heavy (non-hydrogen) atoms. The van der Waals surface area contributed by atoms with Crippen molar-refractivity contribution in [3.8, 4) is 5.75 Å². The number of hydrogen-bond acceptors (Lipinski definition) is 2. The molecular formula is C17H16FNO2. The SMILES string of the molecule is C.COc1ccc(/C=C2\C(=O)Nc3ccc(F)cc32)cc1. The average Bonchev–Trinajstić information content (AvgIpc) is 2.76. The molecule has 1 heterocycles. The first-order valence-corrected chi connectivity index (χ1v) is 6.14. The fraction of sp³-hybridized carbons (Fsp3) is 0.118. The Labute approximate surface area is 123 Å². The van der Waals surface area contributed by atoms with Gasteiger partial charge in [-0.25, -0.2) is 4.39 Å². The van der Waals surface area contributed by atoms with E-state index in [-0.39, 0.29) is 19.2 Å². The van der Waals surface area contributed by atoms with Gasteiger partial charge in [0, 0.05) is 16.8 Å². The van der Waals surface area contributed by atoms with Crippen molar-refractivity contribution in [1.82, 2.24) is 0 Å². The second-order valence-corrected chi connectivity index (χ2v) is 4.48. The maximum Gasteiger partial charge on any atom is 0.256 e. The highest BCUT2D eigenvalue weighted by Crippen LogP contribution is 2.33. The highest BCUT2D eigenvalue weighted by molar-refractivity contribution is 6.34. The maximum absolute atomic E-state index is 13.3. The molecule has 0 atom stereocenters. The lowest BCUT2D eigenvalue weighted by molar-refractivity contribution is -0.110. The van der Waals surface area contributed by atoms with Gasteiger partial charge < -0.3 is 10.1 Å². The molecule has 3 nitrogen and oxygen atoms in total. The highest BCUT2D eigenvalue weighted by Gasteiger charge is 2.24. The number of carbonyl (C=O) groups is 1. The molecular weight excluding hydrogens is 269 g/mol. The van der Waals surface area contributed by atoms with Crippen molar-refractivity contribution in [1.29, 1.82) is 0 Å². The lowest BCUT2D eigenvalue weighted by atomic mass is 10.0. The molecule has 0 bridgehead atoms. The van der Waals surface area contributed by atoms with Gasteiger partial charge in [0.25, 0.3) is 5.91 Å². The number of amides is 1. The van der Waals surface area contributed by atoms with Crippen LogP contribution in [0.5, 0.6) is 5.75 Å². The Bertz CT molecular complexity index is 705. The molecule has 0 fully saturated rings. The fourth-order valence-corrected chi connectivity index (χ4v) is 2.17. The molecule has 0 saturated heterocycles. The van der Waals surface area contributed by atoms with Crippen molar-refractivity contribution in [3.05, 3.63) is 59.4 Å². The largest absolute Gasteiger partial charge is 0.497 e. The van der Waals surface area contributed by atoms with E-state index in [1.54, 1.807) is 19.3 Å². The van der Waals surface area contributed by atoms with Gasteiger partial charge >= 0.3 is 0 Å². The molecule has 2 aromatic carbocycles. The topological polar surface area (TPSA) is 38.3 Å². The number of methoxy groups -OCH3 is 1. The predicted molar refractivity (Wildman–Crippen MR) is 82.6 cm³/mol.